The zero-order valence-electron chi connectivity index (χ0n) is 24.4. The van der Waals surface area contributed by atoms with Crippen molar-refractivity contribution >= 4 is 34.9 Å². The number of nitrogens with zero attached hydrogens (tertiary/aromatic N) is 4. The number of ether oxygens (including phenoxy) is 4. The van der Waals surface area contributed by atoms with Crippen molar-refractivity contribution in [1.82, 2.24) is 9.66 Å². The first-order chi connectivity index (χ1) is 21.8. The van der Waals surface area contributed by atoms with Crippen molar-refractivity contribution in [3.8, 4) is 34.4 Å². The standard InChI is InChI=1S/C33H26N4O8/c1-42-28-18-23(19-29(43-2)31(28)44-3)32-35-26-13-6-5-12-25(26)33(39)36(32)34-20-22-10-4-7-14-27(22)45-30(38)16-15-21-9-8-11-24(17-21)37(40)41/h4-20H,1-3H3/b16-15+,34-20?. The Morgan fingerprint density at radius 2 is 1.60 bits per heavy atom. The van der Waals surface area contributed by atoms with Crippen molar-refractivity contribution in [3.05, 3.63) is 123 Å². The minimum atomic E-state index is -0.718. The predicted octanol–water partition coefficient (Wildman–Crippen LogP) is 5.50. The van der Waals surface area contributed by atoms with Gasteiger partial charge in [0.15, 0.2) is 17.3 Å². The number of non-ortho nitro benzene ring substituents is 1. The number of fused-ring (bicyclic) bond motifs is 1. The first kappa shape index (κ1) is 30.2. The molecule has 12 nitrogen and oxygen atoms in total. The fourth-order valence-corrected chi connectivity index (χ4v) is 4.48. The van der Waals surface area contributed by atoms with Gasteiger partial charge in [0.2, 0.25) is 5.75 Å². The number of hydrogen-bond donors (Lipinski definition) is 0. The van der Waals surface area contributed by atoms with Crippen LogP contribution in [0.3, 0.4) is 0 Å². The van der Waals surface area contributed by atoms with E-state index in [0.29, 0.717) is 44.8 Å². The van der Waals surface area contributed by atoms with E-state index in [2.05, 4.69) is 5.10 Å². The Morgan fingerprint density at radius 3 is 2.31 bits per heavy atom. The lowest BCUT2D eigenvalue weighted by molar-refractivity contribution is -0.384. The average molecular weight is 607 g/mol. The van der Waals surface area contributed by atoms with Crippen molar-refractivity contribution in [1.29, 1.82) is 0 Å². The van der Waals surface area contributed by atoms with Gasteiger partial charge in [-0.2, -0.15) is 9.78 Å². The number of hydrogen-bond acceptors (Lipinski definition) is 10. The monoisotopic (exact) mass is 606 g/mol. The molecule has 0 saturated heterocycles. The lowest BCUT2D eigenvalue weighted by atomic mass is 10.1. The normalized spacial score (nSPS) is 11.2. The number of methoxy groups -OCH3 is 3. The second-order valence-corrected chi connectivity index (χ2v) is 9.37. The highest BCUT2D eigenvalue weighted by molar-refractivity contribution is 5.91. The van der Waals surface area contributed by atoms with Crippen LogP contribution in [0.4, 0.5) is 5.69 Å². The summed E-state index contributed by atoms with van der Waals surface area (Å²) in [5.41, 5.74) is 1.24. The highest BCUT2D eigenvalue weighted by Gasteiger charge is 2.19. The van der Waals surface area contributed by atoms with Crippen molar-refractivity contribution < 1.29 is 28.7 Å². The quantitative estimate of drug-likeness (QED) is 0.0503. The fourth-order valence-electron chi connectivity index (χ4n) is 4.48. The second kappa shape index (κ2) is 13.3. The lowest BCUT2D eigenvalue weighted by Gasteiger charge is -2.15. The molecule has 5 aromatic rings. The van der Waals surface area contributed by atoms with Gasteiger partial charge < -0.3 is 18.9 Å². The summed E-state index contributed by atoms with van der Waals surface area (Å²) in [5, 5.41) is 15.9. The maximum Gasteiger partial charge on any atom is 0.336 e. The first-order valence-corrected chi connectivity index (χ1v) is 13.4. The predicted molar refractivity (Wildman–Crippen MR) is 168 cm³/mol. The number of aromatic nitrogens is 2. The molecule has 4 aromatic carbocycles. The summed E-state index contributed by atoms with van der Waals surface area (Å²) >= 11 is 0. The highest BCUT2D eigenvalue weighted by atomic mass is 16.6. The molecular formula is C33H26N4O8. The summed E-state index contributed by atoms with van der Waals surface area (Å²) in [4.78, 5) is 41.6. The molecule has 0 N–H and O–H groups in total. The summed E-state index contributed by atoms with van der Waals surface area (Å²) in [7, 11) is 4.46. The number of benzene rings is 4. The summed E-state index contributed by atoms with van der Waals surface area (Å²) in [6.45, 7) is 0. The summed E-state index contributed by atoms with van der Waals surface area (Å²) in [6.07, 6.45) is 3.95. The number of rotatable bonds is 10. The molecule has 1 heterocycles. The van der Waals surface area contributed by atoms with Crippen LogP contribution in [0.15, 0.2) is 101 Å². The van der Waals surface area contributed by atoms with Gasteiger partial charge in [0.1, 0.15) is 5.75 Å². The Balaban J connectivity index is 1.53. The Kier molecular flexibility index (Phi) is 8.94. The van der Waals surface area contributed by atoms with E-state index >= 15 is 0 Å². The molecule has 0 atom stereocenters. The van der Waals surface area contributed by atoms with Crippen molar-refractivity contribution in [3.63, 3.8) is 0 Å². The lowest BCUT2D eigenvalue weighted by Crippen LogP contribution is -2.20. The Morgan fingerprint density at radius 1 is 0.889 bits per heavy atom. The van der Waals surface area contributed by atoms with E-state index in [9.17, 15) is 19.7 Å². The molecule has 5 rings (SSSR count). The number of para-hydroxylation sites is 2. The van der Waals surface area contributed by atoms with Gasteiger partial charge in [0.05, 0.1) is 43.4 Å². The minimum Gasteiger partial charge on any atom is -0.493 e. The van der Waals surface area contributed by atoms with Crippen LogP contribution in [-0.2, 0) is 4.79 Å². The molecule has 0 bridgehead atoms. The molecule has 0 aliphatic rings. The Hall–Kier alpha value is -6.30. The maximum absolute atomic E-state index is 13.7. The van der Waals surface area contributed by atoms with Crippen LogP contribution in [0.1, 0.15) is 11.1 Å². The zero-order chi connectivity index (χ0) is 31.9. The number of nitro groups is 1. The van der Waals surface area contributed by atoms with E-state index in [1.165, 1.54) is 51.8 Å². The van der Waals surface area contributed by atoms with Crippen molar-refractivity contribution in [2.75, 3.05) is 21.3 Å². The van der Waals surface area contributed by atoms with Crippen LogP contribution in [0.5, 0.6) is 23.0 Å². The largest absolute Gasteiger partial charge is 0.493 e. The van der Waals surface area contributed by atoms with Gasteiger partial charge in [-0.15, -0.1) is 0 Å². The number of nitro benzene ring substituents is 1. The van der Waals surface area contributed by atoms with Crippen LogP contribution in [0.2, 0.25) is 0 Å². The molecule has 0 spiro atoms. The van der Waals surface area contributed by atoms with E-state index in [1.54, 1.807) is 66.7 Å². The van der Waals surface area contributed by atoms with Crippen LogP contribution in [-0.4, -0.2) is 48.1 Å². The van der Waals surface area contributed by atoms with Gasteiger partial charge in [0.25, 0.3) is 11.2 Å². The third-order valence-electron chi connectivity index (χ3n) is 6.61. The molecule has 226 valence electrons. The third kappa shape index (κ3) is 6.54. The Labute approximate surface area is 256 Å². The molecule has 0 unspecified atom stereocenters. The van der Waals surface area contributed by atoms with E-state index in [4.69, 9.17) is 23.9 Å². The summed E-state index contributed by atoms with van der Waals surface area (Å²) in [5.74, 6) is 0.747. The molecule has 1 aromatic heterocycles. The molecule has 45 heavy (non-hydrogen) atoms. The van der Waals surface area contributed by atoms with Gasteiger partial charge >= 0.3 is 5.97 Å². The van der Waals surface area contributed by atoms with E-state index in [0.717, 1.165) is 10.8 Å². The third-order valence-corrected chi connectivity index (χ3v) is 6.61. The number of esters is 1. The Bertz CT molecular complexity index is 2010. The number of carbonyl (C=O) groups excluding carboxylic acids is 1. The maximum atomic E-state index is 13.7. The second-order valence-electron chi connectivity index (χ2n) is 9.37. The molecule has 0 aliphatic carbocycles. The molecule has 0 aliphatic heterocycles. The van der Waals surface area contributed by atoms with E-state index < -0.39 is 16.5 Å². The van der Waals surface area contributed by atoms with Crippen LogP contribution >= 0.6 is 0 Å². The molecule has 0 radical (unpaired) electrons. The van der Waals surface area contributed by atoms with Gasteiger partial charge in [-0.3, -0.25) is 14.9 Å². The average Bonchev–Trinajstić information content (AvgIpc) is 3.06. The van der Waals surface area contributed by atoms with Crippen LogP contribution in [0, 0.1) is 10.1 Å². The van der Waals surface area contributed by atoms with Gasteiger partial charge in [-0.05, 0) is 48.0 Å². The fraction of sp³-hybridized carbons (Fsp3) is 0.0909. The molecular weight excluding hydrogens is 580 g/mol. The molecule has 0 amide bonds. The van der Waals surface area contributed by atoms with Crippen molar-refractivity contribution in [2.45, 2.75) is 0 Å². The molecule has 0 fully saturated rings. The molecule has 0 saturated carbocycles. The highest BCUT2D eigenvalue weighted by Crippen LogP contribution is 2.40. The van der Waals surface area contributed by atoms with Gasteiger partial charge in [0, 0.05) is 29.3 Å². The topological polar surface area (TPSA) is 144 Å². The van der Waals surface area contributed by atoms with Gasteiger partial charge in [-0.1, -0.05) is 36.4 Å². The van der Waals surface area contributed by atoms with Crippen molar-refractivity contribution in [2.24, 2.45) is 5.10 Å². The van der Waals surface area contributed by atoms with Crippen LogP contribution < -0.4 is 24.5 Å². The summed E-state index contributed by atoms with van der Waals surface area (Å²) < 4.78 is 23.1. The van der Waals surface area contributed by atoms with Crippen LogP contribution in [0.25, 0.3) is 28.4 Å². The summed E-state index contributed by atoms with van der Waals surface area (Å²) in [6, 6.07) is 22.7. The van der Waals surface area contributed by atoms with E-state index in [1.807, 2.05) is 0 Å². The minimum absolute atomic E-state index is 0.101. The van der Waals surface area contributed by atoms with Gasteiger partial charge in [-0.25, -0.2) is 9.78 Å². The first-order valence-electron chi connectivity index (χ1n) is 13.4. The smallest absolute Gasteiger partial charge is 0.336 e. The SMILES string of the molecule is COc1cc(-c2nc3ccccc3c(=O)n2N=Cc2ccccc2OC(=O)/C=C/c2cccc([N+](=O)[O-])c2)cc(OC)c1OC. The zero-order valence-corrected chi connectivity index (χ0v) is 24.4. The molecule has 12 heteroatoms. The van der Waals surface area contributed by atoms with E-state index in [-0.39, 0.29) is 17.3 Å². The number of carbonyl (C=O) groups is 1.